The predicted octanol–water partition coefficient (Wildman–Crippen LogP) is 1.08. The minimum Gasteiger partial charge on any atom is -0.480 e. The molecule has 0 aliphatic carbocycles. The zero-order valence-corrected chi connectivity index (χ0v) is 12.1. The van der Waals surface area contributed by atoms with Crippen molar-refractivity contribution in [3.05, 3.63) is 29.7 Å². The second kappa shape index (κ2) is 5.78. The lowest BCUT2D eigenvalue weighted by Crippen LogP contribution is -2.17. The number of hydrogen-bond donors (Lipinski definition) is 2. The topological polar surface area (TPSA) is 102 Å². The van der Waals surface area contributed by atoms with Gasteiger partial charge in [-0.25, -0.2) is 0 Å². The summed E-state index contributed by atoms with van der Waals surface area (Å²) in [5.41, 5.74) is 1.26. The molecule has 1 amide bonds. The van der Waals surface area contributed by atoms with Crippen LogP contribution in [0.5, 0.6) is 0 Å². The molecule has 2 aromatic heterocycles. The summed E-state index contributed by atoms with van der Waals surface area (Å²) in [6, 6.07) is 3.27. The summed E-state index contributed by atoms with van der Waals surface area (Å²) in [4.78, 5) is 22.7. The molecular weight excluding hydrogens is 274 g/mol. The van der Waals surface area contributed by atoms with Gasteiger partial charge in [0.1, 0.15) is 12.2 Å². The Bertz CT molecular complexity index is 671. The van der Waals surface area contributed by atoms with Crippen LogP contribution in [0, 0.1) is 0 Å². The molecule has 0 bridgehead atoms. The second-order valence-corrected chi connectivity index (χ2v) is 4.98. The number of carboxylic acid groups (broad SMARTS) is 1. The summed E-state index contributed by atoms with van der Waals surface area (Å²) in [6.07, 6.45) is 1.49. The van der Waals surface area contributed by atoms with Crippen LogP contribution in [-0.4, -0.2) is 36.5 Å². The number of carbonyl (C=O) groups is 2. The fourth-order valence-electron chi connectivity index (χ4n) is 1.82. The third-order valence-electron chi connectivity index (χ3n) is 2.90. The Morgan fingerprint density at radius 3 is 2.67 bits per heavy atom. The van der Waals surface area contributed by atoms with Crippen LogP contribution in [0.2, 0.25) is 0 Å². The van der Waals surface area contributed by atoms with Crippen molar-refractivity contribution in [2.24, 2.45) is 7.05 Å². The van der Waals surface area contributed by atoms with Crippen LogP contribution in [0.25, 0.3) is 0 Å². The van der Waals surface area contributed by atoms with E-state index in [0.717, 1.165) is 5.69 Å². The number of amides is 1. The monoisotopic (exact) mass is 291 g/mol. The molecule has 0 aliphatic heterocycles. The molecule has 8 nitrogen and oxygen atoms in total. The number of aryl methyl sites for hydroxylation is 1. The first kappa shape index (κ1) is 14.8. The number of anilines is 1. The Morgan fingerprint density at radius 2 is 2.10 bits per heavy atom. The zero-order chi connectivity index (χ0) is 15.6. The number of carboxylic acids is 1. The molecule has 0 unspecified atom stereocenters. The van der Waals surface area contributed by atoms with Crippen LogP contribution in [0.1, 0.15) is 35.9 Å². The van der Waals surface area contributed by atoms with E-state index in [2.05, 4.69) is 15.5 Å². The van der Waals surface area contributed by atoms with Gasteiger partial charge in [0.15, 0.2) is 5.82 Å². The summed E-state index contributed by atoms with van der Waals surface area (Å²) in [7, 11) is 1.70. The molecule has 2 heterocycles. The average Bonchev–Trinajstić information content (AvgIpc) is 2.95. The van der Waals surface area contributed by atoms with E-state index < -0.39 is 5.97 Å². The van der Waals surface area contributed by atoms with Crippen LogP contribution >= 0.6 is 0 Å². The molecule has 0 aromatic carbocycles. The molecule has 2 N–H and O–H groups in total. The highest BCUT2D eigenvalue weighted by Crippen LogP contribution is 2.15. The van der Waals surface area contributed by atoms with E-state index in [4.69, 9.17) is 5.11 Å². The molecule has 0 aliphatic rings. The van der Waals surface area contributed by atoms with Crippen molar-refractivity contribution in [2.45, 2.75) is 26.3 Å². The molecule has 0 spiro atoms. The highest BCUT2D eigenvalue weighted by atomic mass is 16.4. The van der Waals surface area contributed by atoms with Crippen molar-refractivity contribution in [3.8, 4) is 0 Å². The summed E-state index contributed by atoms with van der Waals surface area (Å²) >= 11 is 0. The van der Waals surface area contributed by atoms with Gasteiger partial charge in [0.05, 0.1) is 5.69 Å². The van der Waals surface area contributed by atoms with Crippen molar-refractivity contribution in [2.75, 3.05) is 5.32 Å². The maximum Gasteiger partial charge on any atom is 0.325 e. The number of aliphatic carboxylic acids is 1. The molecule has 2 aromatic rings. The molecule has 0 saturated carbocycles. The maximum absolute atomic E-state index is 12.2. The third-order valence-corrected chi connectivity index (χ3v) is 2.90. The standard InChI is InChI=1S/C13H17N5O3/c1-8(2)9-6-10(17(3)15-9)13(21)14-11-4-5-18(16-11)7-12(19)20/h4-6,8H,7H2,1-3H3,(H,19,20)(H,14,16,21). The SMILES string of the molecule is CC(C)c1cc(C(=O)Nc2ccn(CC(=O)O)n2)n(C)n1. The molecule has 0 radical (unpaired) electrons. The van der Waals surface area contributed by atoms with Crippen molar-refractivity contribution in [1.82, 2.24) is 19.6 Å². The smallest absolute Gasteiger partial charge is 0.325 e. The van der Waals surface area contributed by atoms with Crippen LogP contribution in [0.3, 0.4) is 0 Å². The zero-order valence-electron chi connectivity index (χ0n) is 12.1. The minimum atomic E-state index is -0.996. The quantitative estimate of drug-likeness (QED) is 0.858. The maximum atomic E-state index is 12.2. The molecule has 0 fully saturated rings. The van der Waals surface area contributed by atoms with Gasteiger partial charge in [0, 0.05) is 19.3 Å². The second-order valence-electron chi connectivity index (χ2n) is 4.98. The molecule has 2 rings (SSSR count). The van der Waals surface area contributed by atoms with Gasteiger partial charge in [-0.15, -0.1) is 0 Å². The first-order valence-corrected chi connectivity index (χ1v) is 6.47. The minimum absolute atomic E-state index is 0.229. The first-order valence-electron chi connectivity index (χ1n) is 6.47. The molecular formula is C13H17N5O3. The molecule has 8 heteroatoms. The van der Waals surface area contributed by atoms with Crippen molar-refractivity contribution in [3.63, 3.8) is 0 Å². The van der Waals surface area contributed by atoms with Crippen LogP contribution < -0.4 is 5.32 Å². The van der Waals surface area contributed by atoms with E-state index >= 15 is 0 Å². The number of nitrogens with one attached hydrogen (secondary N) is 1. The van der Waals surface area contributed by atoms with E-state index in [9.17, 15) is 9.59 Å². The lowest BCUT2D eigenvalue weighted by Gasteiger charge is -2.01. The highest BCUT2D eigenvalue weighted by molar-refractivity contribution is 6.02. The third kappa shape index (κ3) is 3.47. The van der Waals surface area contributed by atoms with Gasteiger partial charge >= 0.3 is 5.97 Å². The van der Waals surface area contributed by atoms with Gasteiger partial charge in [0.2, 0.25) is 0 Å². The van der Waals surface area contributed by atoms with Crippen LogP contribution in [-0.2, 0) is 18.4 Å². The van der Waals surface area contributed by atoms with Crippen molar-refractivity contribution < 1.29 is 14.7 Å². The Hall–Kier alpha value is -2.64. The average molecular weight is 291 g/mol. The Kier molecular flexibility index (Phi) is 4.06. The first-order chi connectivity index (χ1) is 9.86. The number of rotatable bonds is 5. The Morgan fingerprint density at radius 1 is 1.38 bits per heavy atom. The van der Waals surface area contributed by atoms with Gasteiger partial charge < -0.3 is 10.4 Å². The van der Waals surface area contributed by atoms with E-state index in [0.29, 0.717) is 11.5 Å². The molecule has 21 heavy (non-hydrogen) atoms. The van der Waals surface area contributed by atoms with E-state index in [1.165, 1.54) is 15.6 Å². The Balaban J connectivity index is 2.11. The molecule has 0 saturated heterocycles. The Labute approximate surface area is 121 Å². The largest absolute Gasteiger partial charge is 0.480 e. The summed E-state index contributed by atoms with van der Waals surface area (Å²) in [5.74, 6) is -0.803. The van der Waals surface area contributed by atoms with Crippen LogP contribution in [0.15, 0.2) is 18.3 Å². The number of aromatic nitrogens is 4. The fourth-order valence-corrected chi connectivity index (χ4v) is 1.82. The van der Waals surface area contributed by atoms with Gasteiger partial charge in [0.25, 0.3) is 5.91 Å². The van der Waals surface area contributed by atoms with E-state index in [1.807, 2.05) is 13.8 Å². The van der Waals surface area contributed by atoms with Gasteiger partial charge in [-0.05, 0) is 12.0 Å². The van der Waals surface area contributed by atoms with Crippen molar-refractivity contribution >= 4 is 17.7 Å². The summed E-state index contributed by atoms with van der Waals surface area (Å²) in [6.45, 7) is 3.74. The lowest BCUT2D eigenvalue weighted by molar-refractivity contribution is -0.137. The fraction of sp³-hybridized carbons (Fsp3) is 0.385. The van der Waals surface area contributed by atoms with Gasteiger partial charge in [-0.3, -0.25) is 19.0 Å². The predicted molar refractivity (Wildman–Crippen MR) is 75.1 cm³/mol. The normalized spacial score (nSPS) is 10.9. The highest BCUT2D eigenvalue weighted by Gasteiger charge is 2.16. The lowest BCUT2D eigenvalue weighted by atomic mass is 10.1. The number of nitrogens with zero attached hydrogens (tertiary/aromatic N) is 4. The van der Waals surface area contributed by atoms with Crippen LogP contribution in [0.4, 0.5) is 5.82 Å². The molecule has 112 valence electrons. The number of carbonyl (C=O) groups excluding carboxylic acids is 1. The van der Waals surface area contributed by atoms with E-state index in [1.54, 1.807) is 19.2 Å². The summed E-state index contributed by atoms with van der Waals surface area (Å²) < 4.78 is 2.75. The summed E-state index contributed by atoms with van der Waals surface area (Å²) in [5, 5.41) is 19.5. The van der Waals surface area contributed by atoms with Gasteiger partial charge in [-0.2, -0.15) is 10.2 Å². The van der Waals surface area contributed by atoms with E-state index in [-0.39, 0.29) is 18.4 Å². The molecule has 0 atom stereocenters. The number of hydrogen-bond acceptors (Lipinski definition) is 4. The van der Waals surface area contributed by atoms with Gasteiger partial charge in [-0.1, -0.05) is 13.8 Å². The van der Waals surface area contributed by atoms with Crippen molar-refractivity contribution in [1.29, 1.82) is 0 Å².